The molecule has 0 fully saturated rings. The molecular weight excluding hydrogens is 718 g/mol. The summed E-state index contributed by atoms with van der Waals surface area (Å²) in [6.07, 6.45) is 11.2. The Balaban J connectivity index is 2.31. The van der Waals surface area contributed by atoms with Crippen LogP contribution < -0.4 is 0 Å². The van der Waals surface area contributed by atoms with Crippen molar-refractivity contribution in [3.8, 4) is 0 Å². The van der Waals surface area contributed by atoms with E-state index in [1.165, 1.54) is 11.0 Å². The highest BCUT2D eigenvalue weighted by atomic mass is 16.5. The summed E-state index contributed by atoms with van der Waals surface area (Å²) in [6.45, 7) is 13.1. The molecule has 0 spiro atoms. The highest BCUT2D eigenvalue weighted by Crippen LogP contribution is 2.33. The lowest BCUT2D eigenvalue weighted by Gasteiger charge is -2.38. The number of Topliss-reactive ketones (excluding diaryl/α,β-unsaturated/α-hetero) is 1. The van der Waals surface area contributed by atoms with Crippen molar-refractivity contribution in [2.45, 2.75) is 148 Å². The molecule has 0 aliphatic carbocycles. The van der Waals surface area contributed by atoms with E-state index in [9.17, 15) is 29.7 Å². The van der Waals surface area contributed by atoms with Crippen LogP contribution in [0.4, 0.5) is 0 Å². The predicted molar refractivity (Wildman–Crippen MR) is 216 cm³/mol. The highest BCUT2D eigenvalue weighted by Gasteiger charge is 2.40. The lowest BCUT2D eigenvalue weighted by Crippen LogP contribution is -2.46. The summed E-state index contributed by atoms with van der Waals surface area (Å²) < 4.78 is 30.0. The van der Waals surface area contributed by atoms with Crippen LogP contribution in [0.15, 0.2) is 48.2 Å². The van der Waals surface area contributed by atoms with Crippen molar-refractivity contribution < 1.29 is 53.4 Å². The molecule has 0 saturated heterocycles. The van der Waals surface area contributed by atoms with Crippen molar-refractivity contribution in [2.75, 3.05) is 28.4 Å². The van der Waals surface area contributed by atoms with Gasteiger partial charge in [-0.2, -0.15) is 0 Å². The molecule has 15 atom stereocenters. The van der Waals surface area contributed by atoms with Crippen LogP contribution in [0.1, 0.15) is 93.4 Å². The van der Waals surface area contributed by atoms with Gasteiger partial charge in [0.1, 0.15) is 11.9 Å². The molecular formula is C44H73NO11. The minimum Gasteiger partial charge on any atom is -0.458 e. The van der Waals surface area contributed by atoms with Crippen LogP contribution in [0.5, 0.6) is 0 Å². The molecule has 0 aromatic carbocycles. The molecule has 2 heterocycles. The first kappa shape index (κ1) is 49.4. The first-order valence-electron chi connectivity index (χ1n) is 20.4. The van der Waals surface area contributed by atoms with Crippen LogP contribution in [0, 0.1) is 35.5 Å². The Kier molecular flexibility index (Phi) is 22.0. The van der Waals surface area contributed by atoms with E-state index in [4.69, 9.17) is 23.7 Å². The molecule has 12 heteroatoms. The summed E-state index contributed by atoms with van der Waals surface area (Å²) >= 11 is 0. The van der Waals surface area contributed by atoms with Gasteiger partial charge in [-0.15, -0.1) is 0 Å². The number of allylic oxidation sites excluding steroid dienone is 2. The van der Waals surface area contributed by atoms with Gasteiger partial charge in [-0.25, -0.2) is 4.79 Å². The quantitative estimate of drug-likeness (QED) is 0.108. The number of carbonyl (C=O) groups is 3. The molecule has 12 nitrogen and oxygen atoms in total. The van der Waals surface area contributed by atoms with Gasteiger partial charge in [0, 0.05) is 95.9 Å². The Morgan fingerprint density at radius 1 is 1.00 bits per heavy atom. The van der Waals surface area contributed by atoms with Crippen molar-refractivity contribution in [3.05, 3.63) is 48.2 Å². The van der Waals surface area contributed by atoms with Crippen LogP contribution in [-0.2, 0) is 38.1 Å². The van der Waals surface area contributed by atoms with E-state index in [2.05, 4.69) is 6.08 Å². The molecule has 320 valence electrons. The fourth-order valence-electron chi connectivity index (χ4n) is 8.01. The van der Waals surface area contributed by atoms with Gasteiger partial charge in [0.15, 0.2) is 0 Å². The molecule has 2 bridgehead atoms. The third kappa shape index (κ3) is 15.6. The van der Waals surface area contributed by atoms with Gasteiger partial charge >= 0.3 is 5.97 Å². The van der Waals surface area contributed by atoms with Gasteiger partial charge in [-0.3, -0.25) is 9.59 Å². The average Bonchev–Trinajstić information content (AvgIpc) is 3.18. The maximum Gasteiger partial charge on any atom is 0.331 e. The number of methoxy groups -OCH3 is 3. The molecule has 0 radical (unpaired) electrons. The fraction of sp³-hybridized carbons (Fsp3) is 0.750. The lowest BCUT2D eigenvalue weighted by molar-refractivity contribution is -0.157. The summed E-state index contributed by atoms with van der Waals surface area (Å²) in [5.74, 6) is -2.88. The molecule has 2 rings (SSSR count). The molecule has 3 N–H and O–H groups in total. The normalized spacial score (nSPS) is 32.9. The van der Waals surface area contributed by atoms with Crippen LogP contribution >= 0.6 is 0 Å². The van der Waals surface area contributed by atoms with Gasteiger partial charge in [0.25, 0.3) is 0 Å². The predicted octanol–water partition coefficient (Wildman–Crippen LogP) is 5.58. The van der Waals surface area contributed by atoms with Crippen LogP contribution in [-0.4, -0.2) is 122 Å². The first-order chi connectivity index (χ1) is 26.5. The van der Waals surface area contributed by atoms with Crippen LogP contribution in [0.2, 0.25) is 0 Å². The number of ketones is 1. The number of hydrogen-bond donors (Lipinski definition) is 3. The number of esters is 1. The van der Waals surface area contributed by atoms with Crippen LogP contribution in [0.25, 0.3) is 0 Å². The number of nitrogens with zero attached hydrogens (tertiary/aromatic N) is 1. The molecule has 0 aromatic heterocycles. The minimum absolute atomic E-state index is 0.00759. The second kappa shape index (κ2) is 24.9. The van der Waals surface area contributed by atoms with Crippen molar-refractivity contribution in [1.29, 1.82) is 0 Å². The number of amides is 1. The van der Waals surface area contributed by atoms with Crippen LogP contribution in [0.3, 0.4) is 0 Å². The van der Waals surface area contributed by atoms with Gasteiger partial charge in [-0.1, -0.05) is 77.5 Å². The Morgan fingerprint density at radius 3 is 2.29 bits per heavy atom. The minimum atomic E-state index is -0.967. The second-order valence-electron chi connectivity index (χ2n) is 16.4. The highest BCUT2D eigenvalue weighted by molar-refractivity contribution is 5.82. The van der Waals surface area contributed by atoms with E-state index in [-0.39, 0.29) is 54.7 Å². The van der Waals surface area contributed by atoms with E-state index < -0.39 is 60.3 Å². The van der Waals surface area contributed by atoms with E-state index in [1.54, 1.807) is 47.6 Å². The first-order valence-corrected chi connectivity index (χ1v) is 20.4. The number of ether oxygens (including phenoxy) is 5. The Morgan fingerprint density at radius 2 is 1.66 bits per heavy atom. The molecule has 1 amide bonds. The third-order valence-corrected chi connectivity index (χ3v) is 12.0. The Hall–Kier alpha value is -2.71. The van der Waals surface area contributed by atoms with Crippen molar-refractivity contribution >= 4 is 18.2 Å². The number of rotatable bonds is 15. The monoisotopic (exact) mass is 792 g/mol. The number of hydrogen-bond acceptors (Lipinski definition) is 11. The van der Waals surface area contributed by atoms with Gasteiger partial charge in [0.05, 0.1) is 48.8 Å². The second-order valence-corrected chi connectivity index (χ2v) is 16.4. The zero-order chi connectivity index (χ0) is 42.1. The molecule has 2 aliphatic rings. The zero-order valence-corrected chi connectivity index (χ0v) is 35.8. The van der Waals surface area contributed by atoms with E-state index in [1.807, 2.05) is 59.8 Å². The molecule has 0 unspecified atom stereocenters. The zero-order valence-electron chi connectivity index (χ0n) is 35.8. The molecule has 2 aliphatic heterocycles. The molecule has 0 saturated carbocycles. The lowest BCUT2D eigenvalue weighted by atomic mass is 9.78. The van der Waals surface area contributed by atoms with E-state index in [0.29, 0.717) is 32.1 Å². The maximum atomic E-state index is 13.4. The van der Waals surface area contributed by atoms with Crippen molar-refractivity contribution in [2.24, 2.45) is 35.5 Å². The topological polar surface area (TPSA) is 161 Å². The van der Waals surface area contributed by atoms with Crippen molar-refractivity contribution in [3.63, 3.8) is 0 Å². The summed E-state index contributed by atoms with van der Waals surface area (Å²) in [4.78, 5) is 39.1. The number of fused-ring (bicyclic) bond motifs is 2. The smallest absolute Gasteiger partial charge is 0.331 e. The van der Waals surface area contributed by atoms with E-state index in [0.717, 1.165) is 12.0 Å². The maximum absolute atomic E-state index is 13.4. The largest absolute Gasteiger partial charge is 0.458 e. The number of cyclic esters (lactones) is 1. The number of carbonyl (C=O) groups excluding carboxylic acids is 3. The Labute approximate surface area is 336 Å². The van der Waals surface area contributed by atoms with Gasteiger partial charge < -0.3 is 43.9 Å². The van der Waals surface area contributed by atoms with Gasteiger partial charge in [0.2, 0.25) is 6.41 Å². The summed E-state index contributed by atoms with van der Waals surface area (Å²) in [6, 6.07) is 0. The Bertz CT molecular complexity index is 1320. The number of aliphatic hydroxyl groups is 3. The standard InChI is InChI=1S/C44H73NO11/c1-27-15-18-34(47)23-35-13-12-14-36(55-35)24-39(52-9)32(6)40(53-10)25-38(49)31(5)44(56-41(50)20-16-27)33(7)42(51)28(2)17-19-37(48)30(4)43(54-11)29(3)21-22-45(8)26-46/h12-13,15-16,20-22,26,28-36,38-40,42-44,47,49,51H,14,17-19,23-25H2,1-11H3/b20-16?,22-21+,27-15+/t28-,29+,30-,31-,32+,33-,34-,35-,36-,38+,39-,40-,42-,43+,44-/m0/s1. The SMILES string of the molecule is CO[C@H]([C@H](C)/C=C/N(C)C=O)[C@@H](C)C(=O)CC[C@H](C)[C@H](O)[C@H](C)[C@H]1OC(=O)C=C/C(C)=C/C[C@H](O)C[C@@H]2C=CC[C@@H](C[C@H](OC)[C@@H](C)[C@@H](OC)C[C@@H](O)[C@@H]1C)O2. The molecule has 56 heavy (non-hydrogen) atoms. The number of aliphatic hydroxyl groups excluding tert-OH is 3. The van der Waals surface area contributed by atoms with E-state index >= 15 is 0 Å². The summed E-state index contributed by atoms with van der Waals surface area (Å²) in [7, 11) is 6.46. The van der Waals surface area contributed by atoms with Gasteiger partial charge in [-0.05, 0) is 32.1 Å². The average molecular weight is 792 g/mol. The summed E-state index contributed by atoms with van der Waals surface area (Å²) in [5, 5.41) is 34.2. The molecule has 0 aromatic rings. The van der Waals surface area contributed by atoms with Crippen molar-refractivity contribution in [1.82, 2.24) is 4.90 Å². The summed E-state index contributed by atoms with van der Waals surface area (Å²) in [5.41, 5.74) is 0.771. The fourth-order valence-corrected chi connectivity index (χ4v) is 8.01. The third-order valence-electron chi connectivity index (χ3n) is 12.0.